The highest BCUT2D eigenvalue weighted by Gasteiger charge is 2.49. The summed E-state index contributed by atoms with van der Waals surface area (Å²) >= 11 is 0. The molecule has 1 atom stereocenters. The van der Waals surface area contributed by atoms with Gasteiger partial charge in [0, 0.05) is 19.1 Å². The van der Waals surface area contributed by atoms with E-state index < -0.39 is 11.6 Å². The van der Waals surface area contributed by atoms with Crippen LogP contribution in [-0.4, -0.2) is 58.9 Å². The van der Waals surface area contributed by atoms with E-state index in [1.165, 1.54) is 0 Å². The third kappa shape index (κ3) is 3.06. The molecule has 7 heteroatoms. The molecule has 2 saturated heterocycles. The molecule has 23 heavy (non-hydrogen) atoms. The number of amides is 4. The number of carbonyl (C=O) groups is 3. The first kappa shape index (κ1) is 17.7. The fourth-order valence-electron chi connectivity index (χ4n) is 3.37. The second kappa shape index (κ2) is 6.11. The smallest absolute Gasteiger partial charge is 0.325 e. The summed E-state index contributed by atoms with van der Waals surface area (Å²) in [6.07, 6.45) is 1.77. The minimum absolute atomic E-state index is 0.0519. The van der Waals surface area contributed by atoms with Gasteiger partial charge in [0.15, 0.2) is 0 Å². The number of carbonyl (C=O) groups excluding carboxylic acids is 3. The van der Waals surface area contributed by atoms with Gasteiger partial charge in [-0.1, -0.05) is 27.7 Å². The molecule has 0 bridgehead atoms. The minimum Gasteiger partial charge on any atom is -0.340 e. The molecule has 2 aliphatic heterocycles. The lowest BCUT2D eigenvalue weighted by Gasteiger charge is -2.42. The van der Waals surface area contributed by atoms with Crippen molar-refractivity contribution >= 4 is 17.8 Å². The summed E-state index contributed by atoms with van der Waals surface area (Å²) in [6.45, 7) is 8.71. The number of rotatable bonds is 4. The van der Waals surface area contributed by atoms with E-state index in [1.807, 2.05) is 27.7 Å². The molecular weight excluding hydrogens is 296 g/mol. The molecular formula is C16H28N4O3. The van der Waals surface area contributed by atoms with Crippen LogP contribution in [0, 0.1) is 5.41 Å². The predicted molar refractivity (Wildman–Crippen MR) is 86.5 cm³/mol. The summed E-state index contributed by atoms with van der Waals surface area (Å²) in [4.78, 5) is 40.0. The Labute approximate surface area is 137 Å². The maximum Gasteiger partial charge on any atom is 0.325 e. The normalized spacial score (nSPS) is 26.4. The molecule has 0 aliphatic carbocycles. The lowest BCUT2D eigenvalue weighted by Crippen LogP contribution is -2.56. The SMILES string of the molecule is CCC1(CC)NC(=O)N(CC(=O)N2CCC(N)C(C)(C)C2)C1=O. The molecule has 2 fully saturated rings. The Morgan fingerprint density at radius 3 is 2.39 bits per heavy atom. The molecule has 0 spiro atoms. The Morgan fingerprint density at radius 1 is 1.30 bits per heavy atom. The molecule has 0 radical (unpaired) electrons. The number of hydrogen-bond donors (Lipinski definition) is 2. The zero-order valence-electron chi connectivity index (χ0n) is 14.5. The van der Waals surface area contributed by atoms with Crippen molar-refractivity contribution in [3.63, 3.8) is 0 Å². The maximum absolute atomic E-state index is 12.5. The quantitative estimate of drug-likeness (QED) is 0.743. The van der Waals surface area contributed by atoms with Crippen LogP contribution in [0.2, 0.25) is 0 Å². The van der Waals surface area contributed by atoms with Gasteiger partial charge in [-0.3, -0.25) is 14.5 Å². The molecule has 4 amide bonds. The van der Waals surface area contributed by atoms with Crippen LogP contribution in [-0.2, 0) is 9.59 Å². The zero-order valence-corrected chi connectivity index (χ0v) is 14.5. The van der Waals surface area contributed by atoms with E-state index in [2.05, 4.69) is 5.32 Å². The highest BCUT2D eigenvalue weighted by atomic mass is 16.2. The Bertz CT molecular complexity index is 513. The van der Waals surface area contributed by atoms with Crippen molar-refractivity contribution in [3.05, 3.63) is 0 Å². The van der Waals surface area contributed by atoms with Crippen molar-refractivity contribution in [2.75, 3.05) is 19.6 Å². The van der Waals surface area contributed by atoms with Crippen molar-refractivity contribution in [1.29, 1.82) is 0 Å². The van der Waals surface area contributed by atoms with Crippen LogP contribution in [0.25, 0.3) is 0 Å². The van der Waals surface area contributed by atoms with Gasteiger partial charge in [-0.2, -0.15) is 0 Å². The van der Waals surface area contributed by atoms with Crippen molar-refractivity contribution < 1.29 is 14.4 Å². The Kier molecular flexibility index (Phi) is 4.71. The number of hydrogen-bond acceptors (Lipinski definition) is 4. The maximum atomic E-state index is 12.5. The van der Waals surface area contributed by atoms with Gasteiger partial charge in [0.1, 0.15) is 12.1 Å². The summed E-state index contributed by atoms with van der Waals surface area (Å²) in [6, 6.07) is -0.420. The first-order valence-corrected chi connectivity index (χ1v) is 8.34. The second-order valence-corrected chi connectivity index (χ2v) is 7.31. The highest BCUT2D eigenvalue weighted by molar-refractivity contribution is 6.08. The average molecular weight is 324 g/mol. The fourth-order valence-corrected chi connectivity index (χ4v) is 3.37. The van der Waals surface area contributed by atoms with E-state index in [0.717, 1.165) is 11.3 Å². The molecule has 7 nitrogen and oxygen atoms in total. The second-order valence-electron chi connectivity index (χ2n) is 7.31. The molecule has 3 N–H and O–H groups in total. The van der Waals surface area contributed by atoms with Gasteiger partial charge in [-0.25, -0.2) is 4.79 Å². The largest absolute Gasteiger partial charge is 0.340 e. The molecule has 2 aliphatic rings. The number of urea groups is 1. The van der Waals surface area contributed by atoms with Gasteiger partial charge in [0.05, 0.1) is 0 Å². The lowest BCUT2D eigenvalue weighted by atomic mass is 9.79. The van der Waals surface area contributed by atoms with Crippen molar-refractivity contribution in [1.82, 2.24) is 15.1 Å². The molecule has 130 valence electrons. The Morgan fingerprint density at radius 2 is 1.91 bits per heavy atom. The topological polar surface area (TPSA) is 95.7 Å². The summed E-state index contributed by atoms with van der Waals surface area (Å²) in [7, 11) is 0. The van der Waals surface area contributed by atoms with Crippen LogP contribution < -0.4 is 11.1 Å². The lowest BCUT2D eigenvalue weighted by molar-refractivity contribution is -0.141. The van der Waals surface area contributed by atoms with Crippen LogP contribution in [0.5, 0.6) is 0 Å². The third-order valence-corrected chi connectivity index (χ3v) is 5.41. The number of piperidine rings is 1. The van der Waals surface area contributed by atoms with Crippen molar-refractivity contribution in [2.45, 2.75) is 58.5 Å². The van der Waals surface area contributed by atoms with Gasteiger partial charge in [0.25, 0.3) is 5.91 Å². The summed E-state index contributed by atoms with van der Waals surface area (Å²) in [5.74, 6) is -0.495. The van der Waals surface area contributed by atoms with E-state index in [1.54, 1.807) is 4.90 Å². The first-order chi connectivity index (χ1) is 10.7. The minimum atomic E-state index is -0.860. The van der Waals surface area contributed by atoms with Gasteiger partial charge < -0.3 is 16.0 Å². The molecule has 0 aromatic heterocycles. The van der Waals surface area contributed by atoms with E-state index in [0.29, 0.717) is 25.9 Å². The first-order valence-electron chi connectivity index (χ1n) is 8.34. The van der Waals surface area contributed by atoms with Crippen LogP contribution in [0.3, 0.4) is 0 Å². The summed E-state index contributed by atoms with van der Waals surface area (Å²) in [5.41, 5.74) is 5.06. The number of nitrogens with two attached hydrogens (primary N) is 1. The van der Waals surface area contributed by atoms with Gasteiger partial charge >= 0.3 is 6.03 Å². The van der Waals surface area contributed by atoms with Gasteiger partial charge in [-0.15, -0.1) is 0 Å². The Hall–Kier alpha value is -1.63. The van der Waals surface area contributed by atoms with Crippen LogP contribution >= 0.6 is 0 Å². The summed E-state index contributed by atoms with van der Waals surface area (Å²) in [5, 5.41) is 2.74. The Balaban J connectivity index is 2.06. The fraction of sp³-hybridized carbons (Fsp3) is 0.812. The van der Waals surface area contributed by atoms with Crippen molar-refractivity contribution in [3.8, 4) is 0 Å². The van der Waals surface area contributed by atoms with E-state index in [9.17, 15) is 14.4 Å². The van der Waals surface area contributed by atoms with Gasteiger partial charge in [-0.05, 0) is 24.7 Å². The molecule has 2 rings (SSSR count). The van der Waals surface area contributed by atoms with E-state index in [4.69, 9.17) is 5.73 Å². The van der Waals surface area contributed by atoms with E-state index in [-0.39, 0.29) is 29.8 Å². The molecule has 0 saturated carbocycles. The molecule has 1 unspecified atom stereocenters. The number of imide groups is 1. The molecule has 0 aromatic rings. The van der Waals surface area contributed by atoms with Crippen molar-refractivity contribution in [2.24, 2.45) is 11.1 Å². The monoisotopic (exact) mass is 324 g/mol. The van der Waals surface area contributed by atoms with E-state index >= 15 is 0 Å². The predicted octanol–water partition coefficient (Wildman–Crippen LogP) is 0.683. The number of nitrogens with zero attached hydrogens (tertiary/aromatic N) is 2. The zero-order chi connectivity index (χ0) is 17.4. The molecule has 2 heterocycles. The summed E-state index contributed by atoms with van der Waals surface area (Å²) < 4.78 is 0. The number of nitrogens with one attached hydrogen (secondary N) is 1. The average Bonchev–Trinajstić information content (AvgIpc) is 2.74. The standard InChI is InChI=1S/C16H28N4O3/c1-5-16(6-2)13(22)20(14(23)18-16)9-12(21)19-8-7-11(17)15(3,4)10-19/h11H,5-10,17H2,1-4H3,(H,18,23). The van der Waals surface area contributed by atoms with Crippen LogP contribution in [0.15, 0.2) is 0 Å². The van der Waals surface area contributed by atoms with Crippen LogP contribution in [0.1, 0.15) is 47.0 Å². The highest BCUT2D eigenvalue weighted by Crippen LogP contribution is 2.29. The van der Waals surface area contributed by atoms with Crippen LogP contribution in [0.4, 0.5) is 4.79 Å². The number of likely N-dealkylation sites (tertiary alicyclic amines) is 1. The van der Waals surface area contributed by atoms with Gasteiger partial charge in [0.2, 0.25) is 5.91 Å². The molecule has 0 aromatic carbocycles. The third-order valence-electron chi connectivity index (χ3n) is 5.41.